The highest BCUT2D eigenvalue weighted by atomic mass is 19.3. The van der Waals surface area contributed by atoms with E-state index in [1.54, 1.807) is 6.08 Å². The van der Waals surface area contributed by atoms with Crippen molar-refractivity contribution in [3.05, 3.63) is 12.2 Å². The van der Waals surface area contributed by atoms with E-state index in [1.807, 2.05) is 6.92 Å². The maximum Gasteiger partial charge on any atom is 0.267 e. The number of halogens is 2. The number of aliphatic hydroxyl groups is 1. The van der Waals surface area contributed by atoms with Crippen molar-refractivity contribution >= 4 is 0 Å². The predicted octanol–water partition coefficient (Wildman–Crippen LogP) is 1.97. The zero-order valence-electron chi connectivity index (χ0n) is 5.93. The Kier molecular flexibility index (Phi) is 5.12. The van der Waals surface area contributed by atoms with Gasteiger partial charge in [-0.1, -0.05) is 25.5 Å². The van der Waals surface area contributed by atoms with Crippen molar-refractivity contribution in [1.29, 1.82) is 0 Å². The molecule has 0 saturated carbocycles. The summed E-state index contributed by atoms with van der Waals surface area (Å²) in [5, 5.41) is 8.52. The van der Waals surface area contributed by atoms with Crippen LogP contribution in [0.25, 0.3) is 0 Å². The number of hydrogen-bond donors (Lipinski definition) is 1. The molecule has 0 aliphatic heterocycles. The topological polar surface area (TPSA) is 20.2 Å². The van der Waals surface area contributed by atoms with Crippen molar-refractivity contribution in [3.63, 3.8) is 0 Å². The third-order valence-corrected chi connectivity index (χ3v) is 1.05. The average molecular weight is 150 g/mol. The van der Waals surface area contributed by atoms with Gasteiger partial charge in [-0.05, 0) is 6.42 Å². The molecule has 0 heterocycles. The van der Waals surface area contributed by atoms with E-state index in [0.29, 0.717) is 0 Å². The molecule has 0 aliphatic rings. The van der Waals surface area contributed by atoms with Gasteiger partial charge in [-0.25, -0.2) is 8.78 Å². The number of unbranched alkanes of at least 4 members (excludes halogenated alkanes) is 1. The van der Waals surface area contributed by atoms with E-state index < -0.39 is 12.5 Å². The maximum atomic E-state index is 11.6. The van der Waals surface area contributed by atoms with Crippen molar-refractivity contribution in [2.45, 2.75) is 32.3 Å². The molecule has 0 rings (SSSR count). The van der Waals surface area contributed by atoms with Gasteiger partial charge in [0.25, 0.3) is 6.43 Å². The van der Waals surface area contributed by atoms with Gasteiger partial charge >= 0.3 is 0 Å². The smallest absolute Gasteiger partial charge is 0.267 e. The van der Waals surface area contributed by atoms with Gasteiger partial charge in [0.15, 0.2) is 0 Å². The molecule has 10 heavy (non-hydrogen) atoms. The van der Waals surface area contributed by atoms with E-state index in [1.165, 1.54) is 0 Å². The summed E-state index contributed by atoms with van der Waals surface area (Å²) in [4.78, 5) is 0. The van der Waals surface area contributed by atoms with Crippen molar-refractivity contribution in [3.8, 4) is 0 Å². The van der Waals surface area contributed by atoms with Crippen LogP contribution < -0.4 is 0 Å². The number of hydrogen-bond acceptors (Lipinski definition) is 1. The van der Waals surface area contributed by atoms with Crippen molar-refractivity contribution in [2.24, 2.45) is 0 Å². The molecule has 60 valence electrons. The summed E-state index contributed by atoms with van der Waals surface area (Å²) in [7, 11) is 0. The molecular weight excluding hydrogens is 138 g/mol. The van der Waals surface area contributed by atoms with Gasteiger partial charge < -0.3 is 5.11 Å². The lowest BCUT2D eigenvalue weighted by Crippen LogP contribution is -2.13. The minimum absolute atomic E-state index is 0.740. The Hall–Kier alpha value is -0.440. The summed E-state index contributed by atoms with van der Waals surface area (Å²) in [5.74, 6) is 0. The second-order valence-electron chi connectivity index (χ2n) is 2.04. The highest BCUT2D eigenvalue weighted by molar-refractivity contribution is 4.89. The molecule has 1 unspecified atom stereocenters. The SMILES string of the molecule is CCC/C=C/C(O)C(F)F. The monoisotopic (exact) mass is 150 g/mol. The first kappa shape index (κ1) is 9.56. The maximum absolute atomic E-state index is 11.6. The van der Waals surface area contributed by atoms with Crippen molar-refractivity contribution < 1.29 is 13.9 Å². The van der Waals surface area contributed by atoms with E-state index in [9.17, 15) is 8.78 Å². The van der Waals surface area contributed by atoms with Gasteiger partial charge in [-0.15, -0.1) is 0 Å². The number of allylic oxidation sites excluding steroid dienone is 1. The first-order valence-corrected chi connectivity index (χ1v) is 3.31. The standard InChI is InChI=1S/C7H12F2O/c1-2-3-4-5-6(10)7(8)9/h4-7,10H,2-3H2,1H3/b5-4+. The summed E-state index contributed by atoms with van der Waals surface area (Å²) in [6, 6.07) is 0. The summed E-state index contributed by atoms with van der Waals surface area (Å²) in [6.07, 6.45) is 0.0981. The van der Waals surface area contributed by atoms with Crippen LogP contribution in [0.1, 0.15) is 19.8 Å². The third kappa shape index (κ3) is 4.44. The van der Waals surface area contributed by atoms with Crippen LogP contribution in [0.4, 0.5) is 8.78 Å². The molecule has 0 aromatic rings. The molecule has 0 aromatic carbocycles. The molecule has 3 heteroatoms. The Morgan fingerprint density at radius 3 is 2.50 bits per heavy atom. The van der Waals surface area contributed by atoms with Gasteiger partial charge in [-0.3, -0.25) is 0 Å². The molecular formula is C7H12F2O. The molecule has 0 radical (unpaired) electrons. The summed E-state index contributed by atoms with van der Waals surface area (Å²) >= 11 is 0. The third-order valence-electron chi connectivity index (χ3n) is 1.05. The fourth-order valence-electron chi connectivity index (χ4n) is 0.486. The zero-order valence-corrected chi connectivity index (χ0v) is 5.93. The lowest BCUT2D eigenvalue weighted by atomic mass is 10.2. The lowest BCUT2D eigenvalue weighted by Gasteiger charge is -2.00. The molecule has 0 fully saturated rings. The van der Waals surface area contributed by atoms with Gasteiger partial charge in [0.1, 0.15) is 6.10 Å². The highest BCUT2D eigenvalue weighted by Crippen LogP contribution is 2.02. The Morgan fingerprint density at radius 1 is 1.50 bits per heavy atom. The van der Waals surface area contributed by atoms with Crippen LogP contribution in [-0.2, 0) is 0 Å². The minimum atomic E-state index is -2.66. The summed E-state index contributed by atoms with van der Waals surface area (Å²) in [6.45, 7) is 1.94. The number of aliphatic hydroxyl groups excluding tert-OH is 1. The Balaban J connectivity index is 3.45. The number of alkyl halides is 2. The molecule has 1 nitrogen and oxygen atoms in total. The molecule has 0 aliphatic carbocycles. The molecule has 0 aromatic heterocycles. The Labute approximate surface area is 59.4 Å². The van der Waals surface area contributed by atoms with Gasteiger partial charge in [0.05, 0.1) is 0 Å². The van der Waals surface area contributed by atoms with E-state index in [0.717, 1.165) is 18.9 Å². The lowest BCUT2D eigenvalue weighted by molar-refractivity contribution is 0.0240. The molecule has 0 saturated heterocycles. The second kappa shape index (κ2) is 5.35. The van der Waals surface area contributed by atoms with E-state index in [-0.39, 0.29) is 0 Å². The Bertz CT molecular complexity index is 102. The normalized spacial score (nSPS) is 14.9. The van der Waals surface area contributed by atoms with E-state index in [4.69, 9.17) is 5.11 Å². The van der Waals surface area contributed by atoms with Gasteiger partial charge in [0.2, 0.25) is 0 Å². The molecule has 1 atom stereocenters. The van der Waals surface area contributed by atoms with Crippen LogP contribution in [0.2, 0.25) is 0 Å². The highest BCUT2D eigenvalue weighted by Gasteiger charge is 2.11. The fraction of sp³-hybridized carbons (Fsp3) is 0.714. The predicted molar refractivity (Wildman–Crippen MR) is 36.1 cm³/mol. The molecule has 0 spiro atoms. The Morgan fingerprint density at radius 2 is 2.10 bits per heavy atom. The van der Waals surface area contributed by atoms with E-state index in [2.05, 4.69) is 0 Å². The summed E-state index contributed by atoms with van der Waals surface area (Å²) in [5.41, 5.74) is 0. The first-order chi connectivity index (χ1) is 4.68. The first-order valence-electron chi connectivity index (χ1n) is 3.31. The summed E-state index contributed by atoms with van der Waals surface area (Å²) < 4.78 is 23.1. The zero-order chi connectivity index (χ0) is 7.98. The van der Waals surface area contributed by atoms with Gasteiger partial charge in [-0.2, -0.15) is 0 Å². The van der Waals surface area contributed by atoms with Crippen molar-refractivity contribution in [1.82, 2.24) is 0 Å². The second-order valence-corrected chi connectivity index (χ2v) is 2.04. The minimum Gasteiger partial charge on any atom is -0.383 e. The largest absolute Gasteiger partial charge is 0.383 e. The van der Waals surface area contributed by atoms with Crippen LogP contribution >= 0.6 is 0 Å². The average Bonchev–Trinajstić information content (AvgIpc) is 1.88. The fourth-order valence-corrected chi connectivity index (χ4v) is 0.486. The molecule has 0 bridgehead atoms. The van der Waals surface area contributed by atoms with Crippen LogP contribution in [0.3, 0.4) is 0 Å². The van der Waals surface area contributed by atoms with Crippen molar-refractivity contribution in [2.75, 3.05) is 0 Å². The molecule has 1 N–H and O–H groups in total. The van der Waals surface area contributed by atoms with Crippen LogP contribution in [0, 0.1) is 0 Å². The van der Waals surface area contributed by atoms with E-state index >= 15 is 0 Å². The van der Waals surface area contributed by atoms with Crippen LogP contribution in [-0.4, -0.2) is 17.6 Å². The van der Waals surface area contributed by atoms with Crippen LogP contribution in [0.5, 0.6) is 0 Å². The number of rotatable bonds is 4. The quantitative estimate of drug-likeness (QED) is 0.607. The molecule has 0 amide bonds. The van der Waals surface area contributed by atoms with Crippen LogP contribution in [0.15, 0.2) is 12.2 Å². The van der Waals surface area contributed by atoms with Gasteiger partial charge in [0, 0.05) is 0 Å².